The first-order valence-electron chi connectivity index (χ1n) is 7.69. The van der Waals surface area contributed by atoms with Crippen LogP contribution in [0.2, 0.25) is 0 Å². The lowest BCUT2D eigenvalue weighted by Gasteiger charge is -2.22. The predicted molar refractivity (Wildman–Crippen MR) is 81.9 cm³/mol. The van der Waals surface area contributed by atoms with E-state index in [4.69, 9.17) is 0 Å². The Morgan fingerprint density at radius 3 is 2.38 bits per heavy atom. The molecule has 8 heteroatoms. The molecule has 0 spiro atoms. The molecule has 3 amide bonds. The molecule has 2 rings (SSSR count). The van der Waals surface area contributed by atoms with Crippen molar-refractivity contribution >= 4 is 11.9 Å². The van der Waals surface area contributed by atoms with E-state index in [9.17, 15) is 22.8 Å². The lowest BCUT2D eigenvalue weighted by molar-refractivity contribution is -0.137. The Hall–Kier alpha value is -2.09. The molecule has 1 aliphatic heterocycles. The molecule has 1 aromatic rings. The Kier molecular flexibility index (Phi) is 5.48. The van der Waals surface area contributed by atoms with Crippen molar-refractivity contribution in [1.29, 1.82) is 0 Å². The maximum absolute atomic E-state index is 12.5. The molecular formula is C16H20F3N3O2. The molecule has 24 heavy (non-hydrogen) atoms. The summed E-state index contributed by atoms with van der Waals surface area (Å²) in [6, 6.07) is 3.91. The van der Waals surface area contributed by atoms with Crippen LogP contribution in [0, 0.1) is 0 Å². The van der Waals surface area contributed by atoms with Crippen molar-refractivity contribution in [3.8, 4) is 0 Å². The fourth-order valence-electron chi connectivity index (χ4n) is 2.60. The zero-order valence-electron chi connectivity index (χ0n) is 13.6. The van der Waals surface area contributed by atoms with Gasteiger partial charge < -0.3 is 5.32 Å². The Balaban J connectivity index is 1.94. The number of carbonyl (C=O) groups is 2. The van der Waals surface area contributed by atoms with E-state index in [1.165, 1.54) is 12.1 Å². The van der Waals surface area contributed by atoms with E-state index in [0.717, 1.165) is 23.5 Å². The van der Waals surface area contributed by atoms with Crippen LogP contribution in [0.25, 0.3) is 0 Å². The average Bonchev–Trinajstić information content (AvgIpc) is 2.75. The van der Waals surface area contributed by atoms with Crippen molar-refractivity contribution in [2.24, 2.45) is 0 Å². The van der Waals surface area contributed by atoms with Crippen molar-refractivity contribution in [1.82, 2.24) is 15.1 Å². The number of hydrogen-bond donors (Lipinski definition) is 1. The van der Waals surface area contributed by atoms with Gasteiger partial charge in [-0.25, -0.2) is 9.69 Å². The first-order valence-corrected chi connectivity index (χ1v) is 7.69. The lowest BCUT2D eigenvalue weighted by Crippen LogP contribution is -2.40. The highest BCUT2D eigenvalue weighted by Gasteiger charge is 2.37. The maximum Gasteiger partial charge on any atom is 0.416 e. The standard InChI is InChI=1S/C16H20F3N3O2/c1-3-4-13-14(23)22(15(24)20-13)10-21(2)9-11-5-7-12(8-6-11)16(17,18)19/h5-8,13H,3-4,9-10H2,1-2H3,(H,20,24). The summed E-state index contributed by atoms with van der Waals surface area (Å²) in [5.74, 6) is -0.263. The van der Waals surface area contributed by atoms with Gasteiger partial charge in [0.1, 0.15) is 6.04 Å². The van der Waals surface area contributed by atoms with Gasteiger partial charge in [-0.05, 0) is 31.2 Å². The molecule has 1 heterocycles. The number of hydrogen-bond acceptors (Lipinski definition) is 3. The van der Waals surface area contributed by atoms with Crippen LogP contribution >= 0.6 is 0 Å². The largest absolute Gasteiger partial charge is 0.416 e. The van der Waals surface area contributed by atoms with Crippen molar-refractivity contribution in [2.45, 2.75) is 38.5 Å². The summed E-state index contributed by atoms with van der Waals surface area (Å²) < 4.78 is 37.6. The van der Waals surface area contributed by atoms with Gasteiger partial charge in [0.05, 0.1) is 12.2 Å². The number of nitrogens with one attached hydrogen (secondary N) is 1. The summed E-state index contributed by atoms with van der Waals surface area (Å²) in [7, 11) is 1.70. The molecule has 132 valence electrons. The third-order valence-electron chi connectivity index (χ3n) is 3.80. The number of alkyl halides is 3. The van der Waals surface area contributed by atoms with Crippen LogP contribution in [-0.2, 0) is 17.5 Å². The van der Waals surface area contributed by atoms with Crippen LogP contribution in [0.3, 0.4) is 0 Å². The Labute approximate surface area is 138 Å². The van der Waals surface area contributed by atoms with Crippen LogP contribution in [0.1, 0.15) is 30.9 Å². The summed E-state index contributed by atoms with van der Waals surface area (Å²) in [4.78, 5) is 26.8. The third-order valence-corrected chi connectivity index (χ3v) is 3.80. The van der Waals surface area contributed by atoms with Crippen LogP contribution in [0.5, 0.6) is 0 Å². The van der Waals surface area contributed by atoms with Crippen molar-refractivity contribution < 1.29 is 22.8 Å². The second-order valence-corrected chi connectivity index (χ2v) is 5.91. The molecule has 0 saturated carbocycles. The first-order chi connectivity index (χ1) is 11.2. The molecule has 0 radical (unpaired) electrons. The quantitative estimate of drug-likeness (QED) is 0.808. The third kappa shape index (κ3) is 4.25. The van der Waals surface area contributed by atoms with Crippen molar-refractivity contribution in [3.05, 3.63) is 35.4 Å². The zero-order valence-corrected chi connectivity index (χ0v) is 13.6. The summed E-state index contributed by atoms with van der Waals surface area (Å²) in [5, 5.41) is 2.63. The fourth-order valence-corrected chi connectivity index (χ4v) is 2.60. The second kappa shape index (κ2) is 7.21. The smallest absolute Gasteiger partial charge is 0.326 e. The monoisotopic (exact) mass is 343 g/mol. The molecule has 1 atom stereocenters. The summed E-state index contributed by atoms with van der Waals surface area (Å²) >= 11 is 0. The highest BCUT2D eigenvalue weighted by Crippen LogP contribution is 2.29. The van der Waals surface area contributed by atoms with Crippen LogP contribution in [0.4, 0.5) is 18.0 Å². The number of rotatable bonds is 6. The van der Waals surface area contributed by atoms with E-state index >= 15 is 0 Å². The van der Waals surface area contributed by atoms with Gasteiger partial charge in [0.25, 0.3) is 5.91 Å². The second-order valence-electron chi connectivity index (χ2n) is 5.91. The zero-order chi connectivity index (χ0) is 17.9. The minimum Gasteiger partial charge on any atom is -0.326 e. The highest BCUT2D eigenvalue weighted by atomic mass is 19.4. The van der Waals surface area contributed by atoms with Gasteiger partial charge in [0.15, 0.2) is 0 Å². The summed E-state index contributed by atoms with van der Waals surface area (Å²) in [6.45, 7) is 2.35. The lowest BCUT2D eigenvalue weighted by atomic mass is 10.1. The van der Waals surface area contributed by atoms with E-state index in [1.54, 1.807) is 11.9 Å². The average molecular weight is 343 g/mol. The van der Waals surface area contributed by atoms with Gasteiger partial charge >= 0.3 is 12.2 Å². The molecule has 0 aliphatic carbocycles. The van der Waals surface area contributed by atoms with Crippen LogP contribution in [0.15, 0.2) is 24.3 Å². The van der Waals surface area contributed by atoms with Gasteiger partial charge in [-0.15, -0.1) is 0 Å². The molecule has 1 N–H and O–H groups in total. The van der Waals surface area contributed by atoms with E-state index < -0.39 is 23.8 Å². The van der Waals surface area contributed by atoms with Gasteiger partial charge in [0, 0.05) is 6.54 Å². The van der Waals surface area contributed by atoms with Crippen LogP contribution in [-0.4, -0.2) is 41.5 Å². The Morgan fingerprint density at radius 1 is 1.21 bits per heavy atom. The fraction of sp³-hybridized carbons (Fsp3) is 0.500. The number of halogens is 3. The maximum atomic E-state index is 12.5. The van der Waals surface area contributed by atoms with Gasteiger partial charge in [0.2, 0.25) is 0 Å². The van der Waals surface area contributed by atoms with Gasteiger partial charge in [-0.3, -0.25) is 9.69 Å². The number of carbonyl (C=O) groups excluding carboxylic acids is 2. The van der Waals surface area contributed by atoms with E-state index in [0.29, 0.717) is 18.5 Å². The van der Waals surface area contributed by atoms with E-state index in [1.807, 2.05) is 6.92 Å². The number of benzene rings is 1. The Morgan fingerprint density at radius 2 is 1.83 bits per heavy atom. The predicted octanol–water partition coefficient (Wildman–Crippen LogP) is 2.82. The molecule has 0 bridgehead atoms. The number of imide groups is 1. The molecular weight excluding hydrogens is 323 g/mol. The topological polar surface area (TPSA) is 52.7 Å². The molecule has 1 aromatic carbocycles. The molecule has 1 fully saturated rings. The van der Waals surface area contributed by atoms with Crippen molar-refractivity contribution in [2.75, 3.05) is 13.7 Å². The SMILES string of the molecule is CCCC1NC(=O)N(CN(C)Cc2ccc(C(F)(F)F)cc2)C1=O. The first kappa shape index (κ1) is 18.3. The van der Waals surface area contributed by atoms with Gasteiger partial charge in [-0.1, -0.05) is 25.5 Å². The van der Waals surface area contributed by atoms with E-state index in [-0.39, 0.29) is 12.6 Å². The van der Waals surface area contributed by atoms with Crippen molar-refractivity contribution in [3.63, 3.8) is 0 Å². The number of urea groups is 1. The molecule has 0 aromatic heterocycles. The van der Waals surface area contributed by atoms with E-state index in [2.05, 4.69) is 5.32 Å². The molecule has 5 nitrogen and oxygen atoms in total. The molecule has 1 saturated heterocycles. The minimum absolute atomic E-state index is 0.0892. The molecule has 1 aliphatic rings. The number of amides is 3. The minimum atomic E-state index is -4.36. The summed E-state index contributed by atoms with van der Waals surface area (Å²) in [6.07, 6.45) is -2.99. The summed E-state index contributed by atoms with van der Waals surface area (Å²) in [5.41, 5.74) is -0.0342. The molecule has 1 unspecified atom stereocenters. The normalized spacial score (nSPS) is 18.4. The Bertz CT molecular complexity index is 602. The highest BCUT2D eigenvalue weighted by molar-refractivity contribution is 6.04. The van der Waals surface area contributed by atoms with Gasteiger partial charge in [-0.2, -0.15) is 13.2 Å². The van der Waals surface area contributed by atoms with Crippen LogP contribution < -0.4 is 5.32 Å². The number of nitrogens with zero attached hydrogens (tertiary/aromatic N) is 2.